The minimum Gasteiger partial charge on any atom is -0.449 e. The molecule has 0 fully saturated rings. The second kappa shape index (κ2) is 4.47. The van der Waals surface area contributed by atoms with Crippen molar-refractivity contribution in [3.05, 3.63) is 0 Å². The molecule has 0 aliphatic carbocycles. The standard InChI is InChI=1S/C4H5O9P/c1-2(5)11-14(10,12-3(6)7)13-4(8)9/h1H3,(H,6,7)(H,8,9). The first kappa shape index (κ1) is 12.2. The van der Waals surface area contributed by atoms with Crippen LogP contribution in [-0.2, 0) is 22.9 Å². The summed E-state index contributed by atoms with van der Waals surface area (Å²) in [5.74, 6) is -1.21. The maximum Gasteiger partial charge on any atom is 0.658 e. The van der Waals surface area contributed by atoms with Gasteiger partial charge in [0.1, 0.15) is 0 Å². The van der Waals surface area contributed by atoms with E-state index in [1.165, 1.54) is 0 Å². The SMILES string of the molecule is CC(=O)OP(=O)(OC(=O)O)OC(=O)O. The van der Waals surface area contributed by atoms with Gasteiger partial charge in [0.2, 0.25) is 0 Å². The van der Waals surface area contributed by atoms with Gasteiger partial charge < -0.3 is 23.8 Å². The minimum atomic E-state index is -4.94. The van der Waals surface area contributed by atoms with E-state index in [4.69, 9.17) is 10.2 Å². The highest BCUT2D eigenvalue weighted by atomic mass is 31.2. The maximum absolute atomic E-state index is 11.0. The Balaban J connectivity index is 4.66. The summed E-state index contributed by atoms with van der Waals surface area (Å²) in [6.45, 7) is 0.767. The third-order valence-corrected chi connectivity index (χ3v) is 1.86. The maximum atomic E-state index is 11.0. The number of carbonyl (C=O) groups excluding carboxylic acids is 1. The van der Waals surface area contributed by atoms with Crippen LogP contribution in [0, 0.1) is 0 Å². The summed E-state index contributed by atoms with van der Waals surface area (Å²) < 4.78 is 21.7. The van der Waals surface area contributed by atoms with Crippen molar-refractivity contribution in [2.75, 3.05) is 0 Å². The molecule has 0 saturated heterocycles. The van der Waals surface area contributed by atoms with Crippen molar-refractivity contribution in [3.63, 3.8) is 0 Å². The van der Waals surface area contributed by atoms with Crippen LogP contribution >= 0.6 is 7.82 Å². The summed E-state index contributed by atoms with van der Waals surface area (Å²) in [6, 6.07) is 0. The number of carbonyl (C=O) groups is 3. The Morgan fingerprint density at radius 1 is 1.00 bits per heavy atom. The van der Waals surface area contributed by atoms with Crippen LogP contribution in [-0.4, -0.2) is 28.5 Å². The molecule has 0 aromatic rings. The molecule has 0 rings (SSSR count). The molecular weight excluding hydrogens is 223 g/mol. The van der Waals surface area contributed by atoms with E-state index in [2.05, 4.69) is 13.6 Å². The van der Waals surface area contributed by atoms with Crippen molar-refractivity contribution in [1.82, 2.24) is 0 Å². The van der Waals surface area contributed by atoms with Crippen LogP contribution in [0.25, 0.3) is 0 Å². The fourth-order valence-corrected chi connectivity index (χ4v) is 1.21. The Labute approximate surface area is 76.8 Å². The largest absolute Gasteiger partial charge is 0.658 e. The molecule has 0 bridgehead atoms. The van der Waals surface area contributed by atoms with E-state index in [9.17, 15) is 18.9 Å². The predicted molar refractivity (Wildman–Crippen MR) is 37.6 cm³/mol. The molecule has 80 valence electrons. The second-order valence-corrected chi connectivity index (χ2v) is 3.19. The summed E-state index contributed by atoms with van der Waals surface area (Å²) in [5, 5.41) is 16.0. The Morgan fingerprint density at radius 3 is 1.57 bits per heavy atom. The van der Waals surface area contributed by atoms with Gasteiger partial charge in [0.05, 0.1) is 0 Å². The van der Waals surface area contributed by atoms with Gasteiger partial charge in [-0.05, 0) is 0 Å². The van der Waals surface area contributed by atoms with E-state index in [0.29, 0.717) is 0 Å². The molecule has 0 aromatic heterocycles. The molecule has 0 saturated carbocycles. The van der Waals surface area contributed by atoms with Crippen molar-refractivity contribution in [2.45, 2.75) is 6.92 Å². The van der Waals surface area contributed by atoms with Gasteiger partial charge in [-0.1, -0.05) is 0 Å². The Morgan fingerprint density at radius 2 is 1.36 bits per heavy atom. The zero-order chi connectivity index (χ0) is 11.4. The van der Waals surface area contributed by atoms with Crippen LogP contribution < -0.4 is 0 Å². The normalized spacial score (nSPS) is 10.1. The van der Waals surface area contributed by atoms with Gasteiger partial charge in [-0.2, -0.15) is 4.57 Å². The first-order chi connectivity index (χ1) is 6.25. The van der Waals surface area contributed by atoms with Gasteiger partial charge in [-0.3, -0.25) is 4.79 Å². The smallest absolute Gasteiger partial charge is 0.449 e. The fourth-order valence-electron chi connectivity index (χ4n) is 0.405. The van der Waals surface area contributed by atoms with Crippen LogP contribution in [0.2, 0.25) is 0 Å². The predicted octanol–water partition coefficient (Wildman–Crippen LogP) is 1.05. The van der Waals surface area contributed by atoms with Crippen molar-refractivity contribution >= 4 is 26.1 Å². The lowest BCUT2D eigenvalue weighted by atomic mass is 10.9. The van der Waals surface area contributed by atoms with Gasteiger partial charge in [-0.25, -0.2) is 9.59 Å². The lowest BCUT2D eigenvalue weighted by Gasteiger charge is -2.10. The average molecular weight is 228 g/mol. The van der Waals surface area contributed by atoms with E-state index in [1.807, 2.05) is 0 Å². The molecule has 0 aliphatic heterocycles. The van der Waals surface area contributed by atoms with Crippen molar-refractivity contribution in [2.24, 2.45) is 0 Å². The van der Waals surface area contributed by atoms with Crippen molar-refractivity contribution in [3.8, 4) is 0 Å². The fraction of sp³-hybridized carbons (Fsp3) is 0.250. The molecule has 0 heterocycles. The molecule has 0 unspecified atom stereocenters. The van der Waals surface area contributed by atoms with Crippen LogP contribution in [0.15, 0.2) is 0 Å². The number of phosphoric ester groups is 1. The lowest BCUT2D eigenvalue weighted by Crippen LogP contribution is -2.10. The summed E-state index contributed by atoms with van der Waals surface area (Å²) in [7, 11) is -4.94. The molecule has 0 amide bonds. The number of rotatable bonds is 3. The number of hydrogen-bond donors (Lipinski definition) is 2. The molecular formula is C4H5O9P. The van der Waals surface area contributed by atoms with E-state index in [0.717, 1.165) is 6.92 Å². The van der Waals surface area contributed by atoms with Gasteiger partial charge in [0.25, 0.3) is 0 Å². The Bertz CT molecular complexity index is 258. The Hall–Kier alpha value is -1.76. The summed E-state index contributed by atoms with van der Waals surface area (Å²) in [5.41, 5.74) is 0. The first-order valence-corrected chi connectivity index (χ1v) is 4.36. The van der Waals surface area contributed by atoms with Crippen LogP contribution in [0.4, 0.5) is 9.59 Å². The summed E-state index contributed by atoms with van der Waals surface area (Å²) in [6.07, 6.45) is -4.20. The highest BCUT2D eigenvalue weighted by Crippen LogP contribution is 2.49. The highest BCUT2D eigenvalue weighted by molar-refractivity contribution is 7.50. The summed E-state index contributed by atoms with van der Waals surface area (Å²) in [4.78, 5) is 30.1. The molecule has 9 nitrogen and oxygen atoms in total. The number of carboxylic acid groups (broad SMARTS) is 2. The molecule has 0 aromatic carbocycles. The lowest BCUT2D eigenvalue weighted by molar-refractivity contribution is -0.133. The quantitative estimate of drug-likeness (QED) is 0.678. The molecule has 0 atom stereocenters. The van der Waals surface area contributed by atoms with E-state index in [-0.39, 0.29) is 0 Å². The zero-order valence-electron chi connectivity index (χ0n) is 6.70. The van der Waals surface area contributed by atoms with E-state index < -0.39 is 26.1 Å². The van der Waals surface area contributed by atoms with Gasteiger partial charge >= 0.3 is 26.1 Å². The van der Waals surface area contributed by atoms with E-state index in [1.54, 1.807) is 0 Å². The van der Waals surface area contributed by atoms with Gasteiger partial charge in [0.15, 0.2) is 0 Å². The number of phosphoric acid groups is 1. The van der Waals surface area contributed by atoms with Gasteiger partial charge in [-0.15, -0.1) is 0 Å². The topological polar surface area (TPSA) is 136 Å². The van der Waals surface area contributed by atoms with Crippen LogP contribution in [0.5, 0.6) is 0 Å². The molecule has 0 spiro atoms. The minimum absolute atomic E-state index is 0.767. The van der Waals surface area contributed by atoms with Crippen molar-refractivity contribution in [1.29, 1.82) is 0 Å². The molecule has 2 N–H and O–H groups in total. The third kappa shape index (κ3) is 4.99. The summed E-state index contributed by atoms with van der Waals surface area (Å²) >= 11 is 0. The highest BCUT2D eigenvalue weighted by Gasteiger charge is 2.38. The van der Waals surface area contributed by atoms with Crippen LogP contribution in [0.3, 0.4) is 0 Å². The van der Waals surface area contributed by atoms with Crippen molar-refractivity contribution < 1.29 is 42.7 Å². The monoisotopic (exact) mass is 228 g/mol. The second-order valence-electron chi connectivity index (χ2n) is 1.74. The Kier molecular flexibility index (Phi) is 3.91. The first-order valence-electron chi connectivity index (χ1n) is 2.90. The number of hydrogen-bond acceptors (Lipinski definition) is 7. The molecule has 10 heteroatoms. The molecule has 0 aliphatic rings. The average Bonchev–Trinajstić information content (AvgIpc) is 1.76. The van der Waals surface area contributed by atoms with E-state index >= 15 is 0 Å². The third-order valence-electron chi connectivity index (χ3n) is 0.620. The van der Waals surface area contributed by atoms with Crippen LogP contribution in [0.1, 0.15) is 6.92 Å². The molecule has 0 radical (unpaired) electrons. The van der Waals surface area contributed by atoms with Gasteiger partial charge in [0, 0.05) is 6.92 Å². The molecule has 14 heavy (non-hydrogen) atoms. The zero-order valence-corrected chi connectivity index (χ0v) is 7.59.